The van der Waals surface area contributed by atoms with Crippen molar-refractivity contribution in [2.24, 2.45) is 0 Å². The van der Waals surface area contributed by atoms with E-state index in [0.717, 1.165) is 11.4 Å². The first-order chi connectivity index (χ1) is 12.5. The number of carbonyl (C=O) groups is 2. The summed E-state index contributed by atoms with van der Waals surface area (Å²) in [5.74, 6) is -0.308. The molecule has 2 aromatic carbocycles. The number of ketones is 1. The number of Topliss-reactive ketones (excluding diaryl/α,β-unsaturated/α-hetero) is 1. The van der Waals surface area contributed by atoms with Crippen molar-refractivity contribution < 1.29 is 9.59 Å². The molecule has 0 unspecified atom stereocenters. The van der Waals surface area contributed by atoms with E-state index in [1.165, 1.54) is 6.92 Å². The number of para-hydroxylation sites is 1. The van der Waals surface area contributed by atoms with Crippen LogP contribution in [0.15, 0.2) is 72.9 Å². The van der Waals surface area contributed by atoms with Gasteiger partial charge in [-0.2, -0.15) is 0 Å². The largest absolute Gasteiger partial charge is 0.343 e. The number of nitrogens with zero attached hydrogens (tertiary/aromatic N) is 2. The molecular weight excluding hydrogens is 326 g/mol. The zero-order chi connectivity index (χ0) is 18.5. The van der Waals surface area contributed by atoms with Crippen molar-refractivity contribution >= 4 is 28.8 Å². The van der Waals surface area contributed by atoms with Crippen molar-refractivity contribution in [1.29, 1.82) is 0 Å². The van der Waals surface area contributed by atoms with Gasteiger partial charge in [0.1, 0.15) is 5.69 Å². The van der Waals surface area contributed by atoms with E-state index in [1.54, 1.807) is 36.5 Å². The van der Waals surface area contributed by atoms with E-state index >= 15 is 0 Å². The first-order valence-corrected chi connectivity index (χ1v) is 8.22. The number of hydrogen-bond acceptors (Lipinski definition) is 4. The average molecular weight is 345 g/mol. The summed E-state index contributed by atoms with van der Waals surface area (Å²) < 4.78 is 0. The van der Waals surface area contributed by atoms with Gasteiger partial charge in [0.2, 0.25) is 0 Å². The SMILES string of the molecule is CC(=O)c1ccc(NC(=O)c2ccc(N(C)c3ccccc3)cn2)cc1. The van der Waals surface area contributed by atoms with Gasteiger partial charge in [-0.15, -0.1) is 0 Å². The van der Waals surface area contributed by atoms with Crippen molar-refractivity contribution in [2.45, 2.75) is 6.92 Å². The molecule has 1 amide bonds. The number of amides is 1. The topological polar surface area (TPSA) is 62.3 Å². The van der Waals surface area contributed by atoms with Crippen molar-refractivity contribution in [1.82, 2.24) is 4.98 Å². The van der Waals surface area contributed by atoms with Crippen LogP contribution in [0.5, 0.6) is 0 Å². The minimum absolute atomic E-state index is 0.0114. The fourth-order valence-electron chi connectivity index (χ4n) is 2.50. The standard InChI is InChI=1S/C21H19N3O2/c1-15(25)16-8-10-17(11-9-16)23-21(26)20-13-12-19(14-22-20)24(2)18-6-4-3-5-7-18/h3-14H,1-2H3,(H,23,26). The molecule has 0 saturated heterocycles. The maximum atomic E-state index is 12.3. The molecule has 0 spiro atoms. The molecular formula is C21H19N3O2. The van der Waals surface area contributed by atoms with Gasteiger partial charge in [-0.1, -0.05) is 18.2 Å². The molecule has 1 aromatic heterocycles. The molecule has 0 bridgehead atoms. The molecule has 5 nitrogen and oxygen atoms in total. The van der Waals surface area contributed by atoms with E-state index < -0.39 is 0 Å². The van der Waals surface area contributed by atoms with Gasteiger partial charge >= 0.3 is 0 Å². The summed E-state index contributed by atoms with van der Waals surface area (Å²) in [6.45, 7) is 1.51. The Morgan fingerprint density at radius 1 is 0.885 bits per heavy atom. The van der Waals surface area contributed by atoms with Gasteiger partial charge in [-0.05, 0) is 55.5 Å². The molecule has 1 heterocycles. The first-order valence-electron chi connectivity index (χ1n) is 8.22. The fraction of sp³-hybridized carbons (Fsp3) is 0.0952. The van der Waals surface area contributed by atoms with Crippen molar-refractivity contribution in [2.75, 3.05) is 17.3 Å². The normalized spacial score (nSPS) is 10.2. The van der Waals surface area contributed by atoms with Crippen LogP contribution in [-0.2, 0) is 0 Å². The lowest BCUT2D eigenvalue weighted by atomic mass is 10.1. The Kier molecular flexibility index (Phi) is 5.08. The molecule has 0 atom stereocenters. The summed E-state index contributed by atoms with van der Waals surface area (Å²) in [6.07, 6.45) is 1.67. The van der Waals surface area contributed by atoms with Crippen molar-refractivity contribution in [3.8, 4) is 0 Å². The van der Waals surface area contributed by atoms with Crippen LogP contribution >= 0.6 is 0 Å². The molecule has 3 rings (SSSR count). The van der Waals surface area contributed by atoms with Gasteiger partial charge in [0, 0.05) is 24.0 Å². The quantitative estimate of drug-likeness (QED) is 0.700. The van der Waals surface area contributed by atoms with E-state index in [-0.39, 0.29) is 11.7 Å². The predicted molar refractivity (Wildman–Crippen MR) is 103 cm³/mol. The predicted octanol–water partition coefficient (Wildman–Crippen LogP) is 4.30. The number of pyridine rings is 1. The van der Waals surface area contributed by atoms with Crippen LogP contribution in [0.3, 0.4) is 0 Å². The lowest BCUT2D eigenvalue weighted by Crippen LogP contribution is -2.15. The maximum absolute atomic E-state index is 12.3. The average Bonchev–Trinajstić information content (AvgIpc) is 2.68. The van der Waals surface area contributed by atoms with Gasteiger partial charge in [0.25, 0.3) is 5.91 Å². The van der Waals surface area contributed by atoms with Crippen molar-refractivity contribution in [3.63, 3.8) is 0 Å². The second kappa shape index (κ2) is 7.61. The van der Waals surface area contributed by atoms with Gasteiger partial charge in [-0.3, -0.25) is 9.59 Å². The van der Waals surface area contributed by atoms with Crippen LogP contribution in [-0.4, -0.2) is 23.7 Å². The lowest BCUT2D eigenvalue weighted by Gasteiger charge is -2.19. The lowest BCUT2D eigenvalue weighted by molar-refractivity contribution is 0.101. The smallest absolute Gasteiger partial charge is 0.274 e. The molecule has 26 heavy (non-hydrogen) atoms. The molecule has 0 fully saturated rings. The summed E-state index contributed by atoms with van der Waals surface area (Å²) in [5.41, 5.74) is 3.48. The number of aromatic nitrogens is 1. The Morgan fingerprint density at radius 2 is 1.58 bits per heavy atom. The van der Waals surface area contributed by atoms with Crippen LogP contribution in [0.25, 0.3) is 0 Å². The summed E-state index contributed by atoms with van der Waals surface area (Å²) in [7, 11) is 1.95. The minimum Gasteiger partial charge on any atom is -0.343 e. The third kappa shape index (κ3) is 3.95. The van der Waals surface area contributed by atoms with E-state index in [9.17, 15) is 9.59 Å². The Hall–Kier alpha value is -3.47. The van der Waals surface area contributed by atoms with Gasteiger partial charge in [-0.25, -0.2) is 4.98 Å². The number of rotatable bonds is 5. The summed E-state index contributed by atoms with van der Waals surface area (Å²) in [4.78, 5) is 29.9. The molecule has 0 aliphatic rings. The summed E-state index contributed by atoms with van der Waals surface area (Å²) >= 11 is 0. The zero-order valence-electron chi connectivity index (χ0n) is 14.6. The highest BCUT2D eigenvalue weighted by molar-refractivity contribution is 6.03. The minimum atomic E-state index is -0.297. The molecule has 1 N–H and O–H groups in total. The third-order valence-electron chi connectivity index (χ3n) is 4.06. The highest BCUT2D eigenvalue weighted by Gasteiger charge is 2.10. The number of carbonyl (C=O) groups excluding carboxylic acids is 2. The summed E-state index contributed by atoms with van der Waals surface area (Å²) in [6, 6.07) is 20.2. The molecule has 130 valence electrons. The zero-order valence-corrected chi connectivity index (χ0v) is 14.6. The number of hydrogen-bond donors (Lipinski definition) is 1. The van der Waals surface area contributed by atoms with Crippen LogP contribution in [0.2, 0.25) is 0 Å². The molecule has 0 aliphatic carbocycles. The van der Waals surface area contributed by atoms with E-state index in [1.807, 2.05) is 48.3 Å². The van der Waals surface area contributed by atoms with Gasteiger partial charge < -0.3 is 10.2 Å². The molecule has 3 aromatic rings. The van der Waals surface area contributed by atoms with Gasteiger partial charge in [0.05, 0.1) is 11.9 Å². The molecule has 5 heteroatoms. The van der Waals surface area contributed by atoms with Crippen LogP contribution < -0.4 is 10.2 Å². The van der Waals surface area contributed by atoms with E-state index in [2.05, 4.69) is 10.3 Å². The van der Waals surface area contributed by atoms with Crippen LogP contribution in [0, 0.1) is 0 Å². The Morgan fingerprint density at radius 3 is 2.15 bits per heavy atom. The Bertz CT molecular complexity index is 904. The van der Waals surface area contributed by atoms with Crippen molar-refractivity contribution in [3.05, 3.63) is 84.2 Å². The van der Waals surface area contributed by atoms with E-state index in [0.29, 0.717) is 16.9 Å². The number of benzene rings is 2. The van der Waals surface area contributed by atoms with Crippen LogP contribution in [0.4, 0.5) is 17.1 Å². The number of anilines is 3. The van der Waals surface area contributed by atoms with E-state index in [4.69, 9.17) is 0 Å². The maximum Gasteiger partial charge on any atom is 0.274 e. The first kappa shape index (κ1) is 17.4. The molecule has 0 radical (unpaired) electrons. The highest BCUT2D eigenvalue weighted by atomic mass is 16.2. The Labute approximate surface area is 152 Å². The Balaban J connectivity index is 1.69. The number of nitrogens with one attached hydrogen (secondary N) is 1. The van der Waals surface area contributed by atoms with Crippen LogP contribution in [0.1, 0.15) is 27.8 Å². The fourth-order valence-corrected chi connectivity index (χ4v) is 2.50. The van der Waals surface area contributed by atoms with Gasteiger partial charge in [0.15, 0.2) is 5.78 Å². The monoisotopic (exact) mass is 345 g/mol. The molecule has 0 saturated carbocycles. The molecule has 0 aliphatic heterocycles. The summed E-state index contributed by atoms with van der Waals surface area (Å²) in [5, 5.41) is 2.78. The highest BCUT2D eigenvalue weighted by Crippen LogP contribution is 2.22. The third-order valence-corrected chi connectivity index (χ3v) is 4.06. The second-order valence-electron chi connectivity index (χ2n) is 5.88. The second-order valence-corrected chi connectivity index (χ2v) is 5.88.